The quantitative estimate of drug-likeness (QED) is 0.593. The van der Waals surface area contributed by atoms with Crippen LogP contribution in [0.25, 0.3) is 10.8 Å². The molecule has 4 aliphatic rings. The highest BCUT2D eigenvalue weighted by Crippen LogP contribution is 2.46. The highest BCUT2D eigenvalue weighted by atomic mass is 16.2. The van der Waals surface area contributed by atoms with Gasteiger partial charge in [-0.1, -0.05) is 42.5 Å². The van der Waals surface area contributed by atoms with E-state index in [1.54, 1.807) is 24.1 Å². The molecule has 0 radical (unpaired) electrons. The summed E-state index contributed by atoms with van der Waals surface area (Å²) in [5, 5.41) is 2.03. The van der Waals surface area contributed by atoms with Crippen LogP contribution in [0.5, 0.6) is 0 Å². The standard InChI is InChI=1S/C20H16N2O3/c1-21-15-9-8-14(18(21)23)16-17(15)20(25)22(19(16)24)13-7-6-11-4-2-3-5-12(11)10-13/h2-10,14-17H,1H3/t14-,15+,16+,17-/m1/s1. The molecule has 3 aliphatic heterocycles. The lowest BCUT2D eigenvalue weighted by Gasteiger charge is -2.44. The molecule has 0 aromatic heterocycles. The summed E-state index contributed by atoms with van der Waals surface area (Å²) < 4.78 is 0. The molecule has 6 rings (SSSR count). The van der Waals surface area contributed by atoms with Crippen molar-refractivity contribution >= 4 is 34.2 Å². The summed E-state index contributed by atoms with van der Waals surface area (Å²) in [6.07, 6.45) is 3.69. The maximum Gasteiger partial charge on any atom is 0.240 e. The van der Waals surface area contributed by atoms with Gasteiger partial charge in [-0.05, 0) is 22.9 Å². The minimum Gasteiger partial charge on any atom is -0.338 e. The molecule has 25 heavy (non-hydrogen) atoms. The molecule has 3 amide bonds. The average Bonchev–Trinajstić information content (AvgIpc) is 2.90. The van der Waals surface area contributed by atoms with E-state index < -0.39 is 17.8 Å². The Kier molecular flexibility index (Phi) is 2.76. The number of fused-ring (bicyclic) bond motifs is 2. The van der Waals surface area contributed by atoms with Crippen LogP contribution in [0.2, 0.25) is 0 Å². The fourth-order valence-corrected chi connectivity index (χ4v) is 4.48. The Hall–Kier alpha value is -2.95. The van der Waals surface area contributed by atoms with E-state index >= 15 is 0 Å². The summed E-state index contributed by atoms with van der Waals surface area (Å²) in [6, 6.07) is 13.1. The molecule has 0 N–H and O–H groups in total. The molecule has 0 unspecified atom stereocenters. The van der Waals surface area contributed by atoms with Gasteiger partial charge in [0.1, 0.15) is 0 Å². The van der Waals surface area contributed by atoms with Gasteiger partial charge in [0.05, 0.1) is 29.5 Å². The van der Waals surface area contributed by atoms with Crippen molar-refractivity contribution in [1.29, 1.82) is 0 Å². The SMILES string of the molecule is CN1C(=O)[C@@H]2C=C[C@H]1[C@H]1C(=O)N(c3ccc4ccccc4c3)C(=O)[C@H]12. The Balaban J connectivity index is 1.61. The Morgan fingerprint density at radius 3 is 2.32 bits per heavy atom. The Labute approximate surface area is 144 Å². The van der Waals surface area contributed by atoms with Crippen molar-refractivity contribution in [2.75, 3.05) is 11.9 Å². The first kappa shape index (κ1) is 14.4. The van der Waals surface area contributed by atoms with Crippen LogP contribution in [0.4, 0.5) is 5.69 Å². The molecule has 2 aromatic rings. The number of carbonyl (C=O) groups is 3. The number of likely N-dealkylation sites (N-methyl/N-ethyl adjacent to an activating group) is 1. The summed E-state index contributed by atoms with van der Waals surface area (Å²) in [7, 11) is 1.70. The monoisotopic (exact) mass is 332 g/mol. The molecule has 2 saturated heterocycles. The van der Waals surface area contributed by atoms with Crippen LogP contribution in [0.15, 0.2) is 54.6 Å². The van der Waals surface area contributed by atoms with Gasteiger partial charge >= 0.3 is 0 Å². The third kappa shape index (κ3) is 1.75. The van der Waals surface area contributed by atoms with Gasteiger partial charge in [-0.15, -0.1) is 0 Å². The molecule has 2 bridgehead atoms. The molecule has 124 valence electrons. The van der Waals surface area contributed by atoms with Crippen LogP contribution >= 0.6 is 0 Å². The van der Waals surface area contributed by atoms with Crippen molar-refractivity contribution < 1.29 is 14.4 Å². The van der Waals surface area contributed by atoms with Crippen LogP contribution in [-0.2, 0) is 14.4 Å². The van der Waals surface area contributed by atoms with E-state index in [0.29, 0.717) is 5.69 Å². The largest absolute Gasteiger partial charge is 0.338 e. The number of amides is 3. The maximum absolute atomic E-state index is 13.1. The predicted octanol–water partition coefficient (Wildman–Crippen LogP) is 1.97. The van der Waals surface area contributed by atoms with E-state index in [4.69, 9.17) is 0 Å². The molecule has 1 aliphatic carbocycles. The summed E-state index contributed by atoms with van der Waals surface area (Å²) >= 11 is 0. The van der Waals surface area contributed by atoms with E-state index in [-0.39, 0.29) is 23.8 Å². The predicted molar refractivity (Wildman–Crippen MR) is 92.6 cm³/mol. The third-order valence-electron chi connectivity index (χ3n) is 5.74. The molecule has 0 spiro atoms. The lowest BCUT2D eigenvalue weighted by molar-refractivity contribution is -0.148. The molecular formula is C20H16N2O3. The van der Waals surface area contributed by atoms with Crippen molar-refractivity contribution in [3.8, 4) is 0 Å². The number of hydrogen-bond acceptors (Lipinski definition) is 3. The molecule has 2 fully saturated rings. The number of carbonyl (C=O) groups excluding carboxylic acids is 3. The summed E-state index contributed by atoms with van der Waals surface area (Å²) in [5.74, 6) is -2.11. The lowest BCUT2D eigenvalue weighted by atomic mass is 9.70. The molecule has 0 saturated carbocycles. The van der Waals surface area contributed by atoms with Gasteiger partial charge in [-0.2, -0.15) is 0 Å². The van der Waals surface area contributed by atoms with E-state index in [1.165, 1.54) is 4.90 Å². The van der Waals surface area contributed by atoms with Crippen molar-refractivity contribution in [3.63, 3.8) is 0 Å². The Morgan fingerprint density at radius 1 is 0.800 bits per heavy atom. The molecule has 4 atom stereocenters. The fourth-order valence-electron chi connectivity index (χ4n) is 4.48. The first-order chi connectivity index (χ1) is 12.1. The van der Waals surface area contributed by atoms with Crippen molar-refractivity contribution in [2.45, 2.75) is 6.04 Å². The van der Waals surface area contributed by atoms with Crippen LogP contribution in [0.3, 0.4) is 0 Å². The highest BCUT2D eigenvalue weighted by Gasteiger charge is 2.61. The Bertz CT molecular complexity index is 980. The zero-order chi connectivity index (χ0) is 17.3. The third-order valence-corrected chi connectivity index (χ3v) is 5.74. The zero-order valence-electron chi connectivity index (χ0n) is 13.6. The lowest BCUT2D eigenvalue weighted by Crippen LogP contribution is -2.57. The van der Waals surface area contributed by atoms with Gasteiger partial charge in [0.15, 0.2) is 0 Å². The second-order valence-corrected chi connectivity index (χ2v) is 6.95. The van der Waals surface area contributed by atoms with Crippen LogP contribution in [-0.4, -0.2) is 35.7 Å². The summed E-state index contributed by atoms with van der Waals surface area (Å²) in [6.45, 7) is 0. The first-order valence-electron chi connectivity index (χ1n) is 8.39. The van der Waals surface area contributed by atoms with E-state index in [0.717, 1.165) is 10.8 Å². The van der Waals surface area contributed by atoms with Gasteiger partial charge in [0, 0.05) is 7.05 Å². The summed E-state index contributed by atoms with van der Waals surface area (Å²) in [4.78, 5) is 41.4. The van der Waals surface area contributed by atoms with Crippen molar-refractivity contribution in [3.05, 3.63) is 54.6 Å². The molecule has 5 heteroatoms. The van der Waals surface area contributed by atoms with Crippen LogP contribution in [0.1, 0.15) is 0 Å². The first-order valence-corrected chi connectivity index (χ1v) is 8.39. The second-order valence-electron chi connectivity index (χ2n) is 6.95. The Morgan fingerprint density at radius 2 is 1.52 bits per heavy atom. The number of piperidine rings is 1. The molecule has 2 aromatic carbocycles. The number of nitrogens with zero attached hydrogens (tertiary/aromatic N) is 2. The van der Waals surface area contributed by atoms with Crippen LogP contribution in [0, 0.1) is 17.8 Å². The number of imide groups is 1. The maximum atomic E-state index is 13.1. The minimum absolute atomic E-state index is 0.0738. The van der Waals surface area contributed by atoms with Gasteiger partial charge in [-0.3, -0.25) is 14.4 Å². The normalized spacial score (nSPS) is 30.5. The molecule has 5 nitrogen and oxygen atoms in total. The second kappa shape index (κ2) is 4.79. The van der Waals surface area contributed by atoms with Gasteiger partial charge in [0.2, 0.25) is 17.7 Å². The zero-order valence-corrected chi connectivity index (χ0v) is 13.6. The number of hydrogen-bond donors (Lipinski definition) is 0. The molecule has 3 heterocycles. The highest BCUT2D eigenvalue weighted by molar-refractivity contribution is 6.24. The average molecular weight is 332 g/mol. The van der Waals surface area contributed by atoms with Crippen molar-refractivity contribution in [1.82, 2.24) is 4.90 Å². The number of anilines is 1. The van der Waals surface area contributed by atoms with E-state index in [1.807, 2.05) is 42.5 Å². The van der Waals surface area contributed by atoms with Gasteiger partial charge in [-0.25, -0.2) is 4.90 Å². The van der Waals surface area contributed by atoms with Gasteiger partial charge < -0.3 is 4.90 Å². The van der Waals surface area contributed by atoms with Crippen LogP contribution < -0.4 is 4.90 Å². The van der Waals surface area contributed by atoms with E-state index in [9.17, 15) is 14.4 Å². The number of benzene rings is 2. The summed E-state index contributed by atoms with van der Waals surface area (Å²) in [5.41, 5.74) is 0.581. The van der Waals surface area contributed by atoms with Crippen molar-refractivity contribution in [2.24, 2.45) is 17.8 Å². The smallest absolute Gasteiger partial charge is 0.240 e. The van der Waals surface area contributed by atoms with E-state index in [2.05, 4.69) is 0 Å². The molecular weight excluding hydrogens is 316 g/mol. The fraction of sp³-hybridized carbons (Fsp3) is 0.250. The van der Waals surface area contributed by atoms with Gasteiger partial charge in [0.25, 0.3) is 0 Å². The number of rotatable bonds is 1. The topological polar surface area (TPSA) is 57.7 Å². The minimum atomic E-state index is -0.572.